The van der Waals surface area contributed by atoms with Crippen molar-refractivity contribution in [2.24, 2.45) is 0 Å². The van der Waals surface area contributed by atoms with Crippen LogP contribution in [0, 0.1) is 0 Å². The van der Waals surface area contributed by atoms with E-state index in [2.05, 4.69) is 0 Å². The fraction of sp³-hybridized carbons (Fsp3) is 0.222. The van der Waals surface area contributed by atoms with Gasteiger partial charge in [-0.05, 0) is 24.6 Å². The van der Waals surface area contributed by atoms with Gasteiger partial charge in [0.25, 0.3) is 0 Å². The minimum Gasteiger partial charge on any atom is -0.462 e. The van der Waals surface area contributed by atoms with Gasteiger partial charge in [0.15, 0.2) is 5.78 Å². The Kier molecular flexibility index (Phi) is 4.88. The van der Waals surface area contributed by atoms with Crippen LogP contribution in [-0.4, -0.2) is 18.4 Å². The first-order chi connectivity index (χ1) is 10.1. The van der Waals surface area contributed by atoms with E-state index in [4.69, 9.17) is 4.74 Å². The standard InChI is InChI=1S/C18H18O3/c1-3-21-18(20)16-11-9-14(10-12-16)13(2)17(19)15-7-5-4-6-8-15/h4-13H,3H2,1-2H3/t13-/m0/s1. The molecule has 0 heterocycles. The number of esters is 1. The van der Waals surface area contributed by atoms with Gasteiger partial charge in [0, 0.05) is 11.5 Å². The number of ether oxygens (including phenoxy) is 1. The quantitative estimate of drug-likeness (QED) is 0.618. The average molecular weight is 282 g/mol. The summed E-state index contributed by atoms with van der Waals surface area (Å²) in [5.41, 5.74) is 2.08. The van der Waals surface area contributed by atoms with Gasteiger partial charge in [-0.25, -0.2) is 4.79 Å². The highest BCUT2D eigenvalue weighted by atomic mass is 16.5. The molecular formula is C18H18O3. The SMILES string of the molecule is CCOC(=O)c1ccc([C@H](C)C(=O)c2ccccc2)cc1. The van der Waals surface area contributed by atoms with Crippen molar-refractivity contribution < 1.29 is 14.3 Å². The summed E-state index contributed by atoms with van der Waals surface area (Å²) < 4.78 is 4.94. The molecule has 2 rings (SSSR count). The predicted octanol–water partition coefficient (Wildman–Crippen LogP) is 3.85. The monoisotopic (exact) mass is 282 g/mol. The Bertz CT molecular complexity index is 615. The van der Waals surface area contributed by atoms with Gasteiger partial charge >= 0.3 is 5.97 Å². The Labute approximate surface area is 124 Å². The number of hydrogen-bond acceptors (Lipinski definition) is 3. The maximum atomic E-state index is 12.4. The molecule has 108 valence electrons. The van der Waals surface area contributed by atoms with Gasteiger partial charge in [0.1, 0.15) is 0 Å². The van der Waals surface area contributed by atoms with Crippen molar-refractivity contribution in [1.82, 2.24) is 0 Å². The third-order valence-electron chi connectivity index (χ3n) is 3.37. The van der Waals surface area contributed by atoms with Crippen LogP contribution in [0.5, 0.6) is 0 Å². The van der Waals surface area contributed by atoms with Gasteiger partial charge in [-0.3, -0.25) is 4.79 Å². The highest BCUT2D eigenvalue weighted by molar-refractivity contribution is 6.00. The molecule has 0 fully saturated rings. The molecule has 21 heavy (non-hydrogen) atoms. The molecule has 0 aliphatic carbocycles. The Balaban J connectivity index is 2.15. The lowest BCUT2D eigenvalue weighted by Gasteiger charge is -2.11. The van der Waals surface area contributed by atoms with Crippen molar-refractivity contribution in [1.29, 1.82) is 0 Å². The van der Waals surface area contributed by atoms with E-state index in [1.165, 1.54) is 0 Å². The van der Waals surface area contributed by atoms with Gasteiger partial charge < -0.3 is 4.74 Å². The molecule has 0 amide bonds. The molecular weight excluding hydrogens is 264 g/mol. The number of ketones is 1. The molecule has 0 aromatic heterocycles. The predicted molar refractivity (Wildman–Crippen MR) is 81.6 cm³/mol. The van der Waals surface area contributed by atoms with E-state index < -0.39 is 0 Å². The van der Waals surface area contributed by atoms with Crippen LogP contribution in [0.15, 0.2) is 54.6 Å². The van der Waals surface area contributed by atoms with Gasteiger partial charge in [0.2, 0.25) is 0 Å². The maximum Gasteiger partial charge on any atom is 0.338 e. The molecule has 0 unspecified atom stereocenters. The number of Topliss-reactive ketones (excluding diaryl/α,β-unsaturated/α-hetero) is 1. The van der Waals surface area contributed by atoms with Crippen LogP contribution in [0.3, 0.4) is 0 Å². The summed E-state index contributed by atoms with van der Waals surface area (Å²) in [7, 11) is 0. The van der Waals surface area contributed by atoms with Gasteiger partial charge in [-0.1, -0.05) is 49.4 Å². The molecule has 3 nitrogen and oxygen atoms in total. The molecule has 0 saturated heterocycles. The largest absolute Gasteiger partial charge is 0.462 e. The normalized spacial score (nSPS) is 11.7. The fourth-order valence-corrected chi connectivity index (χ4v) is 2.13. The number of carbonyl (C=O) groups is 2. The van der Waals surface area contributed by atoms with Crippen molar-refractivity contribution in [3.63, 3.8) is 0 Å². The van der Waals surface area contributed by atoms with Crippen molar-refractivity contribution in [3.05, 3.63) is 71.3 Å². The number of hydrogen-bond donors (Lipinski definition) is 0. The first-order valence-corrected chi connectivity index (χ1v) is 6.99. The van der Waals surface area contributed by atoms with Gasteiger partial charge in [0.05, 0.1) is 12.2 Å². The molecule has 3 heteroatoms. The third kappa shape index (κ3) is 3.57. The second-order valence-electron chi connectivity index (χ2n) is 4.79. The second kappa shape index (κ2) is 6.84. The Morgan fingerprint density at radius 1 is 0.952 bits per heavy atom. The summed E-state index contributed by atoms with van der Waals surface area (Å²) in [6, 6.07) is 16.2. The minimum absolute atomic E-state index is 0.0690. The highest BCUT2D eigenvalue weighted by Crippen LogP contribution is 2.21. The minimum atomic E-state index is -0.342. The van der Waals surface area contributed by atoms with Crippen LogP contribution in [0.25, 0.3) is 0 Å². The van der Waals surface area contributed by atoms with Crippen LogP contribution < -0.4 is 0 Å². The molecule has 2 aromatic rings. The Morgan fingerprint density at radius 2 is 1.57 bits per heavy atom. The third-order valence-corrected chi connectivity index (χ3v) is 3.37. The summed E-state index contributed by atoms with van der Waals surface area (Å²) in [5, 5.41) is 0. The van der Waals surface area contributed by atoms with Gasteiger partial charge in [-0.15, -0.1) is 0 Å². The molecule has 2 aromatic carbocycles. The first kappa shape index (κ1) is 15.0. The summed E-state index contributed by atoms with van der Waals surface area (Å²) in [6.07, 6.45) is 0. The molecule has 0 aliphatic rings. The molecule has 0 saturated carbocycles. The van der Waals surface area contributed by atoms with Crippen molar-refractivity contribution >= 4 is 11.8 Å². The molecule has 0 aliphatic heterocycles. The van der Waals surface area contributed by atoms with E-state index >= 15 is 0 Å². The zero-order chi connectivity index (χ0) is 15.2. The maximum absolute atomic E-state index is 12.4. The molecule has 0 spiro atoms. The van der Waals surface area contributed by atoms with E-state index in [9.17, 15) is 9.59 Å². The van der Waals surface area contributed by atoms with E-state index in [0.717, 1.165) is 5.56 Å². The number of rotatable bonds is 5. The second-order valence-corrected chi connectivity index (χ2v) is 4.79. The van der Waals surface area contributed by atoms with Crippen LogP contribution >= 0.6 is 0 Å². The zero-order valence-electron chi connectivity index (χ0n) is 12.2. The summed E-state index contributed by atoms with van der Waals surface area (Å²) >= 11 is 0. The topological polar surface area (TPSA) is 43.4 Å². The van der Waals surface area contributed by atoms with E-state index in [0.29, 0.717) is 17.7 Å². The summed E-state index contributed by atoms with van der Waals surface area (Å²) in [6.45, 7) is 3.99. The molecule has 1 atom stereocenters. The van der Waals surface area contributed by atoms with Crippen molar-refractivity contribution in [2.45, 2.75) is 19.8 Å². The highest BCUT2D eigenvalue weighted by Gasteiger charge is 2.17. The fourth-order valence-electron chi connectivity index (χ4n) is 2.13. The zero-order valence-corrected chi connectivity index (χ0v) is 12.2. The number of carbonyl (C=O) groups excluding carboxylic acids is 2. The van der Waals surface area contributed by atoms with Crippen LogP contribution in [0.1, 0.15) is 46.0 Å². The summed E-state index contributed by atoms with van der Waals surface area (Å²) in [5.74, 6) is -0.519. The van der Waals surface area contributed by atoms with Gasteiger partial charge in [-0.2, -0.15) is 0 Å². The Hall–Kier alpha value is -2.42. The van der Waals surface area contributed by atoms with E-state index in [1.807, 2.05) is 37.3 Å². The Morgan fingerprint density at radius 3 is 2.14 bits per heavy atom. The van der Waals surface area contributed by atoms with Crippen LogP contribution in [0.4, 0.5) is 0 Å². The average Bonchev–Trinajstić information content (AvgIpc) is 2.54. The lowest BCUT2D eigenvalue weighted by molar-refractivity contribution is 0.0526. The first-order valence-electron chi connectivity index (χ1n) is 6.99. The lowest BCUT2D eigenvalue weighted by Crippen LogP contribution is -2.10. The molecule has 0 N–H and O–H groups in total. The van der Waals surface area contributed by atoms with Crippen molar-refractivity contribution in [3.8, 4) is 0 Å². The van der Waals surface area contributed by atoms with E-state index in [-0.39, 0.29) is 17.7 Å². The van der Waals surface area contributed by atoms with Crippen molar-refractivity contribution in [2.75, 3.05) is 6.61 Å². The molecule has 0 bridgehead atoms. The number of benzene rings is 2. The lowest BCUT2D eigenvalue weighted by atomic mass is 9.92. The molecule has 0 radical (unpaired) electrons. The smallest absolute Gasteiger partial charge is 0.338 e. The van der Waals surface area contributed by atoms with E-state index in [1.54, 1.807) is 31.2 Å². The summed E-state index contributed by atoms with van der Waals surface area (Å²) in [4.78, 5) is 24.0. The van der Waals surface area contributed by atoms with Crippen LogP contribution in [0.2, 0.25) is 0 Å². The van der Waals surface area contributed by atoms with Crippen LogP contribution in [-0.2, 0) is 4.74 Å².